The van der Waals surface area contributed by atoms with Crippen molar-refractivity contribution in [3.8, 4) is 11.1 Å². The van der Waals surface area contributed by atoms with Crippen molar-refractivity contribution in [1.82, 2.24) is 79.0 Å². The lowest BCUT2D eigenvalue weighted by molar-refractivity contribution is -0.146. The highest BCUT2D eigenvalue weighted by Gasteiger charge is 2.42. The molecule has 1 unspecified atom stereocenters. The Hall–Kier alpha value is -11.5. The van der Waals surface area contributed by atoms with E-state index in [1.54, 1.807) is 30.3 Å². The molecule has 0 radical (unpaired) electrons. The molecule has 3 aromatic carbocycles. The van der Waals surface area contributed by atoms with Gasteiger partial charge in [0.15, 0.2) is 11.9 Å². The summed E-state index contributed by atoms with van der Waals surface area (Å²) in [6.07, 6.45) is -0.798. The van der Waals surface area contributed by atoms with Gasteiger partial charge < -0.3 is 111 Å². The molecule has 2 aliphatic heterocycles. The number of amides is 13. The molecule has 582 valence electrons. The van der Waals surface area contributed by atoms with Crippen molar-refractivity contribution in [3.63, 3.8) is 0 Å². The number of carboxylic acid groups (broad SMARTS) is 1. The monoisotopic (exact) mass is 1540 g/mol. The second-order valence-electron chi connectivity index (χ2n) is 25.8. The van der Waals surface area contributed by atoms with E-state index in [0.29, 0.717) is 11.2 Å². The van der Waals surface area contributed by atoms with E-state index in [0.717, 1.165) is 32.5 Å². The number of H-pyrrole nitrogens is 1. The van der Waals surface area contributed by atoms with Crippen molar-refractivity contribution in [2.24, 2.45) is 17.2 Å². The van der Waals surface area contributed by atoms with E-state index in [1.807, 2.05) is 48.5 Å². The third kappa shape index (κ3) is 24.3. The maximum Gasteiger partial charge on any atom is 0.407 e. The van der Waals surface area contributed by atoms with Crippen LogP contribution in [0.2, 0.25) is 0 Å². The van der Waals surface area contributed by atoms with Crippen molar-refractivity contribution in [2.75, 3.05) is 50.9 Å². The van der Waals surface area contributed by atoms with Crippen LogP contribution in [-0.2, 0) is 73.5 Å². The van der Waals surface area contributed by atoms with Crippen molar-refractivity contribution >= 4 is 131 Å². The zero-order valence-corrected chi connectivity index (χ0v) is 60.7. The summed E-state index contributed by atoms with van der Waals surface area (Å²) in [5.41, 5.74) is 21.3. The second kappa shape index (κ2) is 40.9. The van der Waals surface area contributed by atoms with Crippen molar-refractivity contribution in [3.05, 3.63) is 108 Å². The fourth-order valence-electron chi connectivity index (χ4n) is 12.3. The number of para-hydroxylation sites is 1. The number of ether oxygens (including phenoxy) is 1. The molecular formula is C69H92N20O17S2. The maximum absolute atomic E-state index is 14.9. The second-order valence-corrected chi connectivity index (χ2v) is 26.5. The van der Waals surface area contributed by atoms with Gasteiger partial charge in [-0.2, -0.15) is 25.3 Å². The fourth-order valence-corrected chi connectivity index (χ4v) is 12.8. The van der Waals surface area contributed by atoms with Gasteiger partial charge in [0.25, 0.3) is 0 Å². The molecule has 1 aromatic heterocycles. The molecule has 1 fully saturated rings. The number of carbonyl (C=O) groups is 14. The molecule has 3 aliphatic rings. The zero-order valence-electron chi connectivity index (χ0n) is 58.9. The maximum atomic E-state index is 14.9. The average molecular weight is 1540 g/mol. The first-order chi connectivity index (χ1) is 51.6. The number of hydrogen-bond donors (Lipinski definition) is 23. The number of nitrogens with two attached hydrogens (primary N) is 3. The van der Waals surface area contributed by atoms with E-state index in [9.17, 15) is 77.3 Å². The summed E-state index contributed by atoms with van der Waals surface area (Å²) in [6.45, 7) is -0.906. The number of guanidine groups is 2. The van der Waals surface area contributed by atoms with Crippen LogP contribution in [0.4, 0.5) is 4.79 Å². The number of hydrogen-bond acceptors (Lipinski definition) is 20. The summed E-state index contributed by atoms with van der Waals surface area (Å²) in [5, 5.41) is 68.7. The molecule has 11 atom stereocenters. The summed E-state index contributed by atoms with van der Waals surface area (Å²) < 4.78 is 5.59. The molecule has 24 N–H and O–H groups in total. The van der Waals surface area contributed by atoms with E-state index in [2.05, 4.69) is 99.4 Å². The normalized spacial score (nSPS) is 20.4. The number of benzene rings is 3. The molecule has 3 heterocycles. The molecule has 13 amide bonds. The van der Waals surface area contributed by atoms with E-state index >= 15 is 0 Å². The van der Waals surface area contributed by atoms with Crippen LogP contribution in [0.1, 0.15) is 87.4 Å². The number of carboxylic acids is 1. The van der Waals surface area contributed by atoms with Gasteiger partial charge in [-0.15, -0.1) is 0 Å². The van der Waals surface area contributed by atoms with Crippen LogP contribution in [0.5, 0.6) is 0 Å². The lowest BCUT2D eigenvalue weighted by Crippen LogP contribution is -2.61. The molecule has 1 aliphatic carbocycles. The Balaban J connectivity index is 1.19. The molecule has 0 saturated carbocycles. The van der Waals surface area contributed by atoms with Crippen LogP contribution in [0, 0.1) is 10.8 Å². The van der Waals surface area contributed by atoms with E-state index in [-0.39, 0.29) is 88.8 Å². The molecule has 1 saturated heterocycles. The van der Waals surface area contributed by atoms with Gasteiger partial charge in [0.1, 0.15) is 79.6 Å². The molecule has 4 aromatic rings. The van der Waals surface area contributed by atoms with E-state index in [1.165, 1.54) is 19.1 Å². The third-order valence-corrected chi connectivity index (χ3v) is 18.6. The Labute approximate surface area is 630 Å². The average Bonchev–Trinajstić information content (AvgIpc) is 1.62. The van der Waals surface area contributed by atoms with Crippen LogP contribution in [0.25, 0.3) is 22.0 Å². The number of rotatable bonds is 29. The number of nitrogens with zero attached hydrogens (tertiary/aromatic N) is 1. The molecule has 108 heavy (non-hydrogen) atoms. The van der Waals surface area contributed by atoms with Crippen LogP contribution >= 0.6 is 25.3 Å². The molecule has 0 spiro atoms. The quantitative estimate of drug-likeness (QED) is 0.00806. The Bertz CT molecular complexity index is 3950. The van der Waals surface area contributed by atoms with Crippen molar-refractivity contribution < 1.29 is 82.1 Å². The highest BCUT2D eigenvalue weighted by Crippen LogP contribution is 2.44. The SMILES string of the molecule is C[C@H](NC(=O)[C@@H]1CC=CC[C@H](NC(=O)CNC(=O)OCC2c3ccccc3-c3ccccc32)C(=O)N[C@@H](CS)C(=O)N[C@@H](CO)C(=O)N[C@@H](CC(=O)O)C(=O)N2CCCC2C(=O)N[C@@H](CCCNC(=N)N)C(=O)N1)C(=O)N[C@@H](Cc1cc2ccccc2[nH]1)C(=O)N[C@@H](CCCNC(=N)N)C(=O)N[C@@H](CS)C(N)=O. The van der Waals surface area contributed by atoms with Gasteiger partial charge in [0, 0.05) is 54.7 Å². The molecule has 39 heteroatoms. The Morgan fingerprint density at radius 2 is 1.25 bits per heavy atom. The van der Waals surface area contributed by atoms with Gasteiger partial charge >= 0.3 is 12.1 Å². The standard InChI is InChI=1S/C69H92N20O17S2/c1-35(57(95)84-48(28-37-27-36-13-2-7-18-43(36)79-37)62(100)82-46(21-10-24-75-67(71)72)61(99)87-51(33-107)56(70)94)78-58(96)45-20-9-8-19-44(80-54(91)30-77-69(105)106-32-42-40-16-5-3-14-38(40)39-15-4-6-17-41(39)42)59(97)88-52(34-108)64(102)86-50(31-90)63(101)85-49(29-55(92)93)66(104)89-26-12-23-53(89)65(103)83-47(60(98)81-45)22-11-25-76-68(73)74/h2-9,13-18,27,35,42,44-53,79,90,107-108H,10-12,19-26,28-34H2,1H3,(H2,70,94)(H,77,105)(H,78,96)(H,80,91)(H,81,98)(H,82,100)(H,83,103)(H,84,95)(H,85,101)(H,86,102)(H,87,99)(H,88,97)(H,92,93)(H4,71,72,75)(H4,73,74,76)/t35-,44-,45-,46-,47-,48-,49-,50-,51-,52-,53?/m0/s1. The molecule has 0 bridgehead atoms. The lowest BCUT2D eigenvalue weighted by atomic mass is 9.98. The van der Waals surface area contributed by atoms with Gasteiger partial charge in [0.05, 0.1) is 13.0 Å². The van der Waals surface area contributed by atoms with Gasteiger partial charge in [-0.25, -0.2) is 4.79 Å². The van der Waals surface area contributed by atoms with Crippen LogP contribution < -0.4 is 86.3 Å². The summed E-state index contributed by atoms with van der Waals surface area (Å²) in [6, 6.07) is 6.35. The number of aliphatic hydroxyl groups is 1. The highest BCUT2D eigenvalue weighted by molar-refractivity contribution is 7.80. The molecule has 7 rings (SSSR count). The number of alkyl carbamates (subject to hydrolysis) is 1. The first-order valence-electron chi connectivity index (χ1n) is 34.7. The summed E-state index contributed by atoms with van der Waals surface area (Å²) in [7, 11) is 0. The Kier molecular flexibility index (Phi) is 31.7. The number of aliphatic hydroxyl groups excluding tert-OH is 1. The Morgan fingerprint density at radius 1 is 0.667 bits per heavy atom. The van der Waals surface area contributed by atoms with Gasteiger partial charge in [-0.3, -0.25) is 73.1 Å². The van der Waals surface area contributed by atoms with Crippen LogP contribution in [0.3, 0.4) is 0 Å². The number of primary amides is 1. The third-order valence-electron chi connectivity index (χ3n) is 17.9. The number of aromatic nitrogens is 1. The predicted molar refractivity (Wildman–Crippen MR) is 398 cm³/mol. The molecular weight excluding hydrogens is 1450 g/mol. The number of aliphatic carboxylic acids is 1. The molecule has 37 nitrogen and oxygen atoms in total. The van der Waals surface area contributed by atoms with Crippen molar-refractivity contribution in [2.45, 2.75) is 144 Å². The van der Waals surface area contributed by atoms with Gasteiger partial charge in [0.2, 0.25) is 70.9 Å². The van der Waals surface area contributed by atoms with E-state index in [4.69, 9.17) is 32.8 Å². The predicted octanol–water partition coefficient (Wildman–Crippen LogP) is -4.20. The van der Waals surface area contributed by atoms with Crippen LogP contribution in [-0.4, -0.2) is 232 Å². The minimum Gasteiger partial charge on any atom is -0.481 e. The van der Waals surface area contributed by atoms with Gasteiger partial charge in [-0.05, 0) is 98.1 Å². The fraction of sp³-hybridized carbons (Fsp3) is 0.449. The topological polar surface area (TPSA) is 590 Å². The zero-order chi connectivity index (χ0) is 78.7. The highest BCUT2D eigenvalue weighted by atomic mass is 32.1. The minimum atomic E-state index is -1.93. The number of carbonyl (C=O) groups excluding carboxylic acids is 13. The number of thiol groups is 2. The lowest BCUT2D eigenvalue weighted by Gasteiger charge is -2.30. The smallest absolute Gasteiger partial charge is 0.407 e. The number of aromatic amines is 1. The van der Waals surface area contributed by atoms with Crippen LogP contribution in [0.15, 0.2) is 91.0 Å². The summed E-state index contributed by atoms with van der Waals surface area (Å²) >= 11 is 8.34. The Morgan fingerprint density at radius 3 is 1.89 bits per heavy atom. The summed E-state index contributed by atoms with van der Waals surface area (Å²) in [5.74, 6) is -15.8. The first kappa shape index (κ1) is 83.8. The first-order valence-corrected chi connectivity index (χ1v) is 36.0. The number of fused-ring (bicyclic) bond motifs is 5. The van der Waals surface area contributed by atoms with Gasteiger partial charge in [-0.1, -0.05) is 78.9 Å². The van der Waals surface area contributed by atoms with E-state index < -0.39 is 194 Å². The number of nitrogens with one attached hydrogen (secondary N) is 16. The largest absolute Gasteiger partial charge is 0.481 e. The minimum absolute atomic E-state index is 0.0122. The van der Waals surface area contributed by atoms with Crippen molar-refractivity contribution in [1.29, 1.82) is 10.8 Å². The summed E-state index contributed by atoms with van der Waals surface area (Å²) in [4.78, 5) is 199.